The van der Waals surface area contributed by atoms with Crippen molar-refractivity contribution in [2.75, 3.05) is 32.5 Å². The molecule has 1 N–H and O–H groups in total. The molecule has 2 amide bonds. The van der Waals surface area contributed by atoms with E-state index in [9.17, 15) is 18.0 Å². The van der Waals surface area contributed by atoms with Gasteiger partial charge in [0.15, 0.2) is 0 Å². The molecule has 1 aliphatic heterocycles. The molecule has 0 aromatic heterocycles. The average Bonchev–Trinajstić information content (AvgIpc) is 2.74. The highest BCUT2D eigenvalue weighted by Gasteiger charge is 2.22. The van der Waals surface area contributed by atoms with Gasteiger partial charge in [-0.05, 0) is 55.7 Å². The first-order chi connectivity index (χ1) is 14.2. The molecule has 2 aromatic rings. The van der Waals surface area contributed by atoms with Crippen LogP contribution in [0.3, 0.4) is 0 Å². The molecule has 0 atom stereocenters. The van der Waals surface area contributed by atoms with Crippen LogP contribution in [0.2, 0.25) is 5.02 Å². The van der Waals surface area contributed by atoms with Crippen molar-refractivity contribution < 1.29 is 18.0 Å². The van der Waals surface area contributed by atoms with Gasteiger partial charge in [-0.2, -0.15) is 0 Å². The van der Waals surface area contributed by atoms with E-state index in [2.05, 4.69) is 5.32 Å². The highest BCUT2D eigenvalue weighted by atomic mass is 35.5. The summed E-state index contributed by atoms with van der Waals surface area (Å²) in [5, 5.41) is 2.83. The zero-order chi connectivity index (χ0) is 21.9. The van der Waals surface area contributed by atoms with Gasteiger partial charge in [0.25, 0.3) is 11.8 Å². The number of carbonyl (C=O) groups is 2. The molecule has 0 aliphatic carbocycles. The number of halogens is 1. The molecule has 1 aliphatic rings. The molecule has 3 rings (SSSR count). The zero-order valence-electron chi connectivity index (χ0n) is 16.9. The summed E-state index contributed by atoms with van der Waals surface area (Å²) < 4.78 is 25.8. The number of rotatable bonds is 5. The molecule has 1 fully saturated rings. The summed E-state index contributed by atoms with van der Waals surface area (Å²) in [7, 11) is -0.886. The molecule has 0 bridgehead atoms. The smallest absolute Gasteiger partial charge is 0.257 e. The highest BCUT2D eigenvalue weighted by molar-refractivity contribution is 7.89. The maximum absolute atomic E-state index is 12.8. The maximum atomic E-state index is 12.8. The number of nitrogens with one attached hydrogen (secondary N) is 1. The van der Waals surface area contributed by atoms with E-state index in [0.29, 0.717) is 11.3 Å². The molecule has 7 nitrogen and oxygen atoms in total. The second-order valence-electron chi connectivity index (χ2n) is 7.32. The number of likely N-dealkylation sites (tertiary alicyclic amines) is 1. The number of hydrogen-bond acceptors (Lipinski definition) is 4. The van der Waals surface area contributed by atoms with E-state index in [0.717, 1.165) is 36.7 Å². The van der Waals surface area contributed by atoms with Crippen molar-refractivity contribution in [2.45, 2.75) is 24.2 Å². The summed E-state index contributed by atoms with van der Waals surface area (Å²) >= 11 is 6.14. The van der Waals surface area contributed by atoms with Gasteiger partial charge in [0.05, 0.1) is 15.5 Å². The minimum Gasteiger partial charge on any atom is -0.339 e. The van der Waals surface area contributed by atoms with E-state index in [1.807, 2.05) is 4.90 Å². The fraction of sp³-hybridized carbons (Fsp3) is 0.333. The van der Waals surface area contributed by atoms with Crippen molar-refractivity contribution in [3.63, 3.8) is 0 Å². The standard InChI is InChI=1S/C21H24ClN3O4S/c1-24(2)30(28,29)17-9-10-19(22)18(14-17)20(26)23-16-8-6-7-15(13-16)21(27)25-11-4-3-5-12-25/h6-10,13-14H,3-5,11-12H2,1-2H3,(H,23,26). The Labute approximate surface area is 181 Å². The highest BCUT2D eigenvalue weighted by Crippen LogP contribution is 2.24. The van der Waals surface area contributed by atoms with Crippen LogP contribution in [0, 0.1) is 0 Å². The number of benzene rings is 2. The summed E-state index contributed by atoms with van der Waals surface area (Å²) in [5.41, 5.74) is 0.955. The van der Waals surface area contributed by atoms with E-state index in [1.165, 1.54) is 32.3 Å². The first-order valence-electron chi connectivity index (χ1n) is 9.63. The molecular weight excluding hydrogens is 426 g/mol. The van der Waals surface area contributed by atoms with E-state index < -0.39 is 15.9 Å². The molecule has 1 saturated heterocycles. The van der Waals surface area contributed by atoms with Crippen molar-refractivity contribution in [1.29, 1.82) is 0 Å². The molecule has 0 spiro atoms. The molecule has 1 heterocycles. The lowest BCUT2D eigenvalue weighted by molar-refractivity contribution is 0.0724. The number of anilines is 1. The average molecular weight is 450 g/mol. The minimum absolute atomic E-state index is 0.0314. The van der Waals surface area contributed by atoms with Crippen molar-refractivity contribution in [3.8, 4) is 0 Å². The summed E-state index contributed by atoms with van der Waals surface area (Å²) in [6, 6.07) is 10.7. The largest absolute Gasteiger partial charge is 0.339 e. The van der Waals surface area contributed by atoms with Gasteiger partial charge in [-0.3, -0.25) is 9.59 Å². The third-order valence-electron chi connectivity index (χ3n) is 4.97. The number of amides is 2. The van der Waals surface area contributed by atoms with Crippen LogP contribution in [0.5, 0.6) is 0 Å². The quantitative estimate of drug-likeness (QED) is 0.757. The van der Waals surface area contributed by atoms with Gasteiger partial charge in [-0.1, -0.05) is 17.7 Å². The van der Waals surface area contributed by atoms with Gasteiger partial charge in [-0.25, -0.2) is 12.7 Å². The monoisotopic (exact) mass is 449 g/mol. The zero-order valence-corrected chi connectivity index (χ0v) is 18.5. The maximum Gasteiger partial charge on any atom is 0.257 e. The fourth-order valence-corrected chi connectivity index (χ4v) is 4.39. The van der Waals surface area contributed by atoms with Crippen molar-refractivity contribution >= 4 is 39.1 Å². The van der Waals surface area contributed by atoms with Crippen LogP contribution in [0.4, 0.5) is 5.69 Å². The van der Waals surface area contributed by atoms with Gasteiger partial charge in [0, 0.05) is 38.4 Å². The van der Waals surface area contributed by atoms with Gasteiger partial charge in [0.2, 0.25) is 10.0 Å². The van der Waals surface area contributed by atoms with Crippen LogP contribution in [-0.2, 0) is 10.0 Å². The Kier molecular flexibility index (Phi) is 6.80. The third-order valence-corrected chi connectivity index (χ3v) is 7.11. The normalized spacial score (nSPS) is 14.6. The van der Waals surface area contributed by atoms with Crippen molar-refractivity contribution in [3.05, 3.63) is 58.6 Å². The van der Waals surface area contributed by atoms with Crippen LogP contribution < -0.4 is 5.32 Å². The molecule has 0 radical (unpaired) electrons. The number of nitrogens with zero attached hydrogens (tertiary/aromatic N) is 2. The molecule has 160 valence electrons. The van der Waals surface area contributed by atoms with Crippen LogP contribution >= 0.6 is 11.6 Å². The van der Waals surface area contributed by atoms with Gasteiger partial charge < -0.3 is 10.2 Å². The summed E-state index contributed by atoms with van der Waals surface area (Å²) in [4.78, 5) is 27.3. The Morgan fingerprint density at radius 2 is 1.73 bits per heavy atom. The van der Waals surface area contributed by atoms with Crippen molar-refractivity contribution in [2.24, 2.45) is 0 Å². The molecule has 2 aromatic carbocycles. The van der Waals surface area contributed by atoms with Crippen LogP contribution in [-0.4, -0.2) is 56.6 Å². The molecule has 0 unspecified atom stereocenters. The number of hydrogen-bond donors (Lipinski definition) is 1. The van der Waals surface area contributed by atoms with Crippen LogP contribution in [0.25, 0.3) is 0 Å². The summed E-state index contributed by atoms with van der Waals surface area (Å²) in [6.45, 7) is 1.47. The summed E-state index contributed by atoms with van der Waals surface area (Å²) in [5.74, 6) is -0.624. The molecular formula is C21H24ClN3O4S. The number of sulfonamides is 1. The Bertz CT molecular complexity index is 1060. The summed E-state index contributed by atoms with van der Waals surface area (Å²) in [6.07, 6.45) is 3.11. The predicted octanol–water partition coefficient (Wildman–Crippen LogP) is 3.47. The Morgan fingerprint density at radius 3 is 2.40 bits per heavy atom. The lowest BCUT2D eigenvalue weighted by Gasteiger charge is -2.26. The van der Waals surface area contributed by atoms with E-state index in [1.54, 1.807) is 24.3 Å². The third kappa shape index (κ3) is 4.83. The van der Waals surface area contributed by atoms with E-state index in [4.69, 9.17) is 11.6 Å². The molecule has 0 saturated carbocycles. The number of piperidine rings is 1. The second-order valence-corrected chi connectivity index (χ2v) is 9.88. The van der Waals surface area contributed by atoms with Crippen LogP contribution in [0.15, 0.2) is 47.4 Å². The first kappa shape index (κ1) is 22.3. The fourth-order valence-electron chi connectivity index (χ4n) is 3.26. The Morgan fingerprint density at radius 1 is 1.03 bits per heavy atom. The lowest BCUT2D eigenvalue weighted by Crippen LogP contribution is -2.35. The molecule has 30 heavy (non-hydrogen) atoms. The topological polar surface area (TPSA) is 86.8 Å². The van der Waals surface area contributed by atoms with E-state index >= 15 is 0 Å². The van der Waals surface area contributed by atoms with E-state index in [-0.39, 0.29) is 21.4 Å². The van der Waals surface area contributed by atoms with Crippen LogP contribution in [0.1, 0.15) is 40.0 Å². The Hall–Kier alpha value is -2.42. The van der Waals surface area contributed by atoms with Gasteiger partial charge >= 0.3 is 0 Å². The van der Waals surface area contributed by atoms with Gasteiger partial charge in [-0.15, -0.1) is 0 Å². The minimum atomic E-state index is -3.71. The first-order valence-corrected chi connectivity index (χ1v) is 11.4. The lowest BCUT2D eigenvalue weighted by atomic mass is 10.1. The SMILES string of the molecule is CN(C)S(=O)(=O)c1ccc(Cl)c(C(=O)Nc2cccc(C(=O)N3CCCCC3)c2)c1. The predicted molar refractivity (Wildman–Crippen MR) is 116 cm³/mol. The van der Waals surface area contributed by atoms with Gasteiger partial charge in [0.1, 0.15) is 0 Å². The molecule has 9 heteroatoms. The second kappa shape index (κ2) is 9.16. The van der Waals surface area contributed by atoms with Crippen molar-refractivity contribution in [1.82, 2.24) is 9.21 Å². The number of carbonyl (C=O) groups excluding carboxylic acids is 2. The Balaban J connectivity index is 1.82.